The van der Waals surface area contributed by atoms with E-state index >= 15 is 0 Å². The van der Waals surface area contributed by atoms with Gasteiger partial charge in [0.15, 0.2) is 5.76 Å². The second-order valence-corrected chi connectivity index (χ2v) is 3.98. The number of nitro groups is 1. The topological polar surface area (TPSA) is 85.4 Å². The second kappa shape index (κ2) is 5.34. The molecule has 0 atom stereocenters. The van der Waals surface area contributed by atoms with Crippen LogP contribution in [0.15, 0.2) is 41.0 Å². The van der Waals surface area contributed by atoms with E-state index in [0.717, 1.165) is 0 Å². The molecule has 0 aliphatic carbocycles. The van der Waals surface area contributed by atoms with Gasteiger partial charge < -0.3 is 9.73 Å². The van der Waals surface area contributed by atoms with Gasteiger partial charge in [-0.05, 0) is 24.6 Å². The van der Waals surface area contributed by atoms with Crippen molar-refractivity contribution in [2.75, 3.05) is 0 Å². The molecule has 1 aromatic carbocycles. The van der Waals surface area contributed by atoms with Gasteiger partial charge in [0, 0.05) is 18.2 Å². The Hall–Kier alpha value is -2.63. The molecule has 0 saturated carbocycles. The van der Waals surface area contributed by atoms with Crippen molar-refractivity contribution in [1.29, 1.82) is 0 Å². The second-order valence-electron chi connectivity index (χ2n) is 3.98. The van der Waals surface area contributed by atoms with E-state index < -0.39 is 4.92 Å². The van der Waals surface area contributed by atoms with Gasteiger partial charge in [0.25, 0.3) is 11.6 Å². The maximum absolute atomic E-state index is 11.7. The lowest BCUT2D eigenvalue weighted by Gasteiger charge is -2.07. The number of nitro benzene ring substituents is 1. The molecule has 0 aliphatic rings. The Bertz CT molecular complexity index is 605. The van der Waals surface area contributed by atoms with E-state index in [1.165, 1.54) is 12.3 Å². The fourth-order valence-corrected chi connectivity index (χ4v) is 1.73. The normalized spacial score (nSPS) is 10.2. The van der Waals surface area contributed by atoms with Gasteiger partial charge in [0.05, 0.1) is 11.2 Å². The van der Waals surface area contributed by atoms with Crippen molar-refractivity contribution in [3.8, 4) is 0 Å². The van der Waals surface area contributed by atoms with E-state index in [1.54, 1.807) is 31.2 Å². The van der Waals surface area contributed by atoms with Gasteiger partial charge in [0.2, 0.25) is 0 Å². The van der Waals surface area contributed by atoms with Gasteiger partial charge in [-0.1, -0.05) is 12.1 Å². The summed E-state index contributed by atoms with van der Waals surface area (Å²) in [5.41, 5.74) is 1.30. The molecule has 0 bridgehead atoms. The van der Waals surface area contributed by atoms with Gasteiger partial charge in [-0.25, -0.2) is 0 Å². The largest absolute Gasteiger partial charge is 0.459 e. The predicted molar refractivity (Wildman–Crippen MR) is 67.7 cm³/mol. The summed E-state index contributed by atoms with van der Waals surface area (Å²) in [7, 11) is 0. The van der Waals surface area contributed by atoms with Crippen molar-refractivity contribution in [3.05, 3.63) is 63.6 Å². The summed E-state index contributed by atoms with van der Waals surface area (Å²) < 4.78 is 4.96. The molecular weight excluding hydrogens is 248 g/mol. The summed E-state index contributed by atoms with van der Waals surface area (Å²) in [6.45, 7) is 1.87. The minimum Gasteiger partial charge on any atom is -0.459 e. The van der Waals surface area contributed by atoms with Crippen LogP contribution in [-0.4, -0.2) is 10.8 Å². The molecule has 2 rings (SSSR count). The zero-order valence-electron chi connectivity index (χ0n) is 10.3. The summed E-state index contributed by atoms with van der Waals surface area (Å²) >= 11 is 0. The number of nitrogens with zero attached hydrogens (tertiary/aromatic N) is 1. The number of hydrogen-bond acceptors (Lipinski definition) is 4. The van der Waals surface area contributed by atoms with Crippen molar-refractivity contribution in [2.45, 2.75) is 13.5 Å². The highest BCUT2D eigenvalue weighted by Gasteiger charge is 2.14. The number of hydrogen-bond donors (Lipinski definition) is 1. The predicted octanol–water partition coefficient (Wildman–Crippen LogP) is 2.43. The first-order valence-corrected chi connectivity index (χ1v) is 5.64. The summed E-state index contributed by atoms with van der Waals surface area (Å²) in [4.78, 5) is 22.0. The Morgan fingerprint density at radius 3 is 2.79 bits per heavy atom. The standard InChI is InChI=1S/C13H12N2O4/c1-9-10(4-2-5-11(9)15(17)18)8-14-13(16)12-6-3-7-19-12/h2-7H,8H2,1H3,(H,14,16). The van der Waals surface area contributed by atoms with Gasteiger partial charge in [-0.3, -0.25) is 14.9 Å². The molecule has 1 N–H and O–H groups in total. The number of benzene rings is 1. The molecule has 0 unspecified atom stereocenters. The number of nitrogens with one attached hydrogen (secondary N) is 1. The lowest BCUT2D eigenvalue weighted by molar-refractivity contribution is -0.385. The van der Waals surface area contributed by atoms with Crippen LogP contribution < -0.4 is 5.32 Å². The van der Waals surface area contributed by atoms with Crippen LogP contribution in [0.2, 0.25) is 0 Å². The Morgan fingerprint density at radius 2 is 2.16 bits per heavy atom. The van der Waals surface area contributed by atoms with Crippen LogP contribution in [0.4, 0.5) is 5.69 Å². The van der Waals surface area contributed by atoms with Crippen molar-refractivity contribution < 1.29 is 14.1 Å². The molecule has 1 heterocycles. The highest BCUT2D eigenvalue weighted by atomic mass is 16.6. The van der Waals surface area contributed by atoms with Crippen LogP contribution >= 0.6 is 0 Å². The Balaban J connectivity index is 2.10. The number of rotatable bonds is 4. The average Bonchev–Trinajstić information content (AvgIpc) is 2.90. The molecular formula is C13H12N2O4. The molecule has 1 amide bonds. The van der Waals surface area contributed by atoms with Crippen LogP contribution in [0.5, 0.6) is 0 Å². The fraction of sp³-hybridized carbons (Fsp3) is 0.154. The van der Waals surface area contributed by atoms with Crippen LogP contribution in [0.25, 0.3) is 0 Å². The quantitative estimate of drug-likeness (QED) is 0.675. The van der Waals surface area contributed by atoms with E-state index in [0.29, 0.717) is 11.1 Å². The highest BCUT2D eigenvalue weighted by Crippen LogP contribution is 2.20. The Labute approximate surface area is 109 Å². The van der Waals surface area contributed by atoms with Gasteiger partial charge in [0.1, 0.15) is 0 Å². The molecule has 6 heteroatoms. The lowest BCUT2D eigenvalue weighted by atomic mass is 10.1. The molecule has 0 saturated heterocycles. The number of carbonyl (C=O) groups excluding carboxylic acids is 1. The number of carbonyl (C=O) groups is 1. The first kappa shape index (κ1) is 12.8. The summed E-state index contributed by atoms with van der Waals surface area (Å²) in [5, 5.41) is 13.5. The number of furan rings is 1. The molecule has 0 spiro atoms. The van der Waals surface area contributed by atoms with E-state index in [-0.39, 0.29) is 23.9 Å². The average molecular weight is 260 g/mol. The van der Waals surface area contributed by atoms with E-state index in [2.05, 4.69) is 5.32 Å². The third-order valence-corrected chi connectivity index (χ3v) is 2.80. The van der Waals surface area contributed by atoms with Crippen molar-refractivity contribution >= 4 is 11.6 Å². The molecule has 2 aromatic rings. The third-order valence-electron chi connectivity index (χ3n) is 2.80. The van der Waals surface area contributed by atoms with E-state index in [1.807, 2.05) is 0 Å². The zero-order chi connectivity index (χ0) is 13.8. The molecule has 1 aromatic heterocycles. The molecule has 0 radical (unpaired) electrons. The Kier molecular flexibility index (Phi) is 3.61. The molecule has 6 nitrogen and oxygen atoms in total. The SMILES string of the molecule is Cc1c(CNC(=O)c2ccco2)cccc1[N+](=O)[O-]. The van der Waals surface area contributed by atoms with Crippen LogP contribution in [0, 0.1) is 17.0 Å². The maximum Gasteiger partial charge on any atom is 0.287 e. The smallest absolute Gasteiger partial charge is 0.287 e. The van der Waals surface area contributed by atoms with Gasteiger partial charge >= 0.3 is 0 Å². The van der Waals surface area contributed by atoms with Gasteiger partial charge in [-0.15, -0.1) is 0 Å². The van der Waals surface area contributed by atoms with Crippen LogP contribution in [-0.2, 0) is 6.54 Å². The van der Waals surface area contributed by atoms with Crippen molar-refractivity contribution in [1.82, 2.24) is 5.32 Å². The van der Waals surface area contributed by atoms with E-state index in [4.69, 9.17) is 4.42 Å². The van der Waals surface area contributed by atoms with Crippen molar-refractivity contribution in [2.24, 2.45) is 0 Å². The maximum atomic E-state index is 11.7. The lowest BCUT2D eigenvalue weighted by Crippen LogP contribution is -2.22. The highest BCUT2D eigenvalue weighted by molar-refractivity contribution is 5.91. The Morgan fingerprint density at radius 1 is 1.37 bits per heavy atom. The number of amides is 1. The summed E-state index contributed by atoms with van der Waals surface area (Å²) in [6.07, 6.45) is 1.41. The van der Waals surface area contributed by atoms with E-state index in [9.17, 15) is 14.9 Å². The minimum atomic E-state index is -0.437. The first-order chi connectivity index (χ1) is 9.09. The summed E-state index contributed by atoms with van der Waals surface area (Å²) in [6, 6.07) is 7.95. The summed E-state index contributed by atoms with van der Waals surface area (Å²) in [5.74, 6) is -0.140. The monoisotopic (exact) mass is 260 g/mol. The van der Waals surface area contributed by atoms with Crippen LogP contribution in [0.3, 0.4) is 0 Å². The molecule has 0 aliphatic heterocycles. The molecule has 19 heavy (non-hydrogen) atoms. The molecule has 98 valence electrons. The first-order valence-electron chi connectivity index (χ1n) is 5.64. The van der Waals surface area contributed by atoms with Crippen molar-refractivity contribution in [3.63, 3.8) is 0 Å². The zero-order valence-corrected chi connectivity index (χ0v) is 10.3. The van der Waals surface area contributed by atoms with Gasteiger partial charge in [-0.2, -0.15) is 0 Å². The molecule has 0 fully saturated rings. The fourth-order valence-electron chi connectivity index (χ4n) is 1.73. The van der Waals surface area contributed by atoms with Crippen LogP contribution in [0.1, 0.15) is 21.7 Å². The minimum absolute atomic E-state index is 0.0461. The third kappa shape index (κ3) is 2.79.